The van der Waals surface area contributed by atoms with Crippen LogP contribution < -0.4 is 5.73 Å². The molecule has 0 aliphatic rings. The molecular weight excluding hydrogens is 306 g/mol. The van der Waals surface area contributed by atoms with E-state index in [9.17, 15) is 0 Å². The van der Waals surface area contributed by atoms with Crippen molar-refractivity contribution in [2.45, 2.75) is 23.1 Å². The van der Waals surface area contributed by atoms with Gasteiger partial charge in [-0.15, -0.1) is 11.8 Å². The van der Waals surface area contributed by atoms with Crippen LogP contribution in [0.25, 0.3) is 0 Å². The van der Waals surface area contributed by atoms with Gasteiger partial charge in [0.15, 0.2) is 0 Å². The Morgan fingerprint density at radius 2 is 1.78 bits per heavy atom. The fourth-order valence-electron chi connectivity index (χ4n) is 1.81. The Morgan fingerprint density at radius 1 is 1.06 bits per heavy atom. The van der Waals surface area contributed by atoms with E-state index in [1.54, 1.807) is 0 Å². The maximum Gasteiger partial charge on any atom is 0.0493 e. The van der Waals surface area contributed by atoms with Crippen LogP contribution in [0.4, 0.5) is 0 Å². The fourth-order valence-corrected chi connectivity index (χ4v) is 3.33. The van der Waals surface area contributed by atoms with Crippen molar-refractivity contribution in [3.05, 3.63) is 64.6 Å². The molecule has 0 heterocycles. The summed E-state index contributed by atoms with van der Waals surface area (Å²) in [5.74, 6) is 0. The quantitative estimate of drug-likeness (QED) is 0.831. The van der Waals surface area contributed by atoms with Crippen LogP contribution >= 0.6 is 27.7 Å². The lowest BCUT2D eigenvalue weighted by Gasteiger charge is -2.21. The van der Waals surface area contributed by atoms with Gasteiger partial charge in [0.05, 0.1) is 0 Å². The highest BCUT2D eigenvalue weighted by molar-refractivity contribution is 9.10. The van der Waals surface area contributed by atoms with Gasteiger partial charge in [-0.05, 0) is 36.8 Å². The summed E-state index contributed by atoms with van der Waals surface area (Å²) < 4.78 is 1.10. The van der Waals surface area contributed by atoms with Gasteiger partial charge in [-0.1, -0.05) is 46.3 Å². The third-order valence-corrected chi connectivity index (χ3v) is 4.65. The molecular formula is C15H16BrNS. The van der Waals surface area contributed by atoms with Crippen LogP contribution in [0.1, 0.15) is 17.7 Å². The van der Waals surface area contributed by atoms with E-state index in [1.807, 2.05) is 23.9 Å². The molecule has 2 atom stereocenters. The van der Waals surface area contributed by atoms with Crippen LogP contribution in [0.3, 0.4) is 0 Å². The number of rotatable bonds is 4. The Morgan fingerprint density at radius 3 is 2.39 bits per heavy atom. The highest BCUT2D eigenvalue weighted by atomic mass is 79.9. The van der Waals surface area contributed by atoms with Gasteiger partial charge < -0.3 is 5.73 Å². The summed E-state index contributed by atoms with van der Waals surface area (Å²) in [6.07, 6.45) is 0. The largest absolute Gasteiger partial charge is 0.327 e. The topological polar surface area (TPSA) is 26.0 Å². The highest BCUT2D eigenvalue weighted by Crippen LogP contribution is 2.37. The van der Waals surface area contributed by atoms with Crippen molar-refractivity contribution in [1.29, 1.82) is 0 Å². The van der Waals surface area contributed by atoms with E-state index in [0.29, 0.717) is 0 Å². The second-order valence-corrected chi connectivity index (χ2v) is 6.40. The van der Waals surface area contributed by atoms with Crippen LogP contribution in [0, 0.1) is 0 Å². The van der Waals surface area contributed by atoms with Gasteiger partial charge in [0.1, 0.15) is 0 Å². The Kier molecular flexibility index (Phi) is 4.87. The van der Waals surface area contributed by atoms with Crippen molar-refractivity contribution in [2.75, 3.05) is 0 Å². The molecule has 0 amide bonds. The molecule has 1 nitrogen and oxygen atoms in total. The minimum Gasteiger partial charge on any atom is -0.327 e. The zero-order valence-corrected chi connectivity index (χ0v) is 12.6. The normalized spacial score (nSPS) is 14.2. The van der Waals surface area contributed by atoms with Gasteiger partial charge in [0.2, 0.25) is 0 Å². The van der Waals surface area contributed by atoms with Crippen molar-refractivity contribution in [3.8, 4) is 0 Å². The molecule has 2 unspecified atom stereocenters. The van der Waals surface area contributed by atoms with Crippen molar-refractivity contribution >= 4 is 27.7 Å². The molecule has 18 heavy (non-hydrogen) atoms. The molecule has 2 aromatic rings. The minimum absolute atomic E-state index is 0.101. The molecule has 0 saturated heterocycles. The van der Waals surface area contributed by atoms with Crippen LogP contribution in [-0.2, 0) is 0 Å². The average molecular weight is 322 g/mol. The van der Waals surface area contributed by atoms with Crippen LogP contribution in [0.5, 0.6) is 0 Å². The maximum atomic E-state index is 6.13. The fraction of sp³-hybridized carbons (Fsp3) is 0.200. The molecule has 0 bridgehead atoms. The first-order chi connectivity index (χ1) is 8.66. The summed E-state index contributed by atoms with van der Waals surface area (Å²) in [4.78, 5) is 1.25. The number of thioether (sulfide) groups is 1. The number of hydrogen-bond acceptors (Lipinski definition) is 2. The van der Waals surface area contributed by atoms with Gasteiger partial charge in [0.25, 0.3) is 0 Å². The van der Waals surface area contributed by atoms with Crippen molar-refractivity contribution < 1.29 is 0 Å². The number of benzene rings is 2. The summed E-state index contributed by atoms with van der Waals surface area (Å²) in [6.45, 7) is 2.06. The minimum atomic E-state index is 0.101. The highest BCUT2D eigenvalue weighted by Gasteiger charge is 2.17. The number of halogens is 1. The van der Waals surface area contributed by atoms with E-state index >= 15 is 0 Å². The zero-order chi connectivity index (χ0) is 13.0. The molecule has 2 rings (SSSR count). The van der Waals surface area contributed by atoms with Gasteiger partial charge >= 0.3 is 0 Å². The Bertz CT molecular complexity index is 499. The third kappa shape index (κ3) is 3.61. The molecule has 94 valence electrons. The SMILES string of the molecule is CC(N)C(Sc1ccccc1)c1cccc(Br)c1. The standard InChI is InChI=1S/C15H16BrNS/c1-11(17)15(12-6-5-7-13(16)10-12)18-14-8-3-2-4-9-14/h2-11,15H,17H2,1H3. The monoisotopic (exact) mass is 321 g/mol. The van der Waals surface area contributed by atoms with E-state index < -0.39 is 0 Å². The summed E-state index contributed by atoms with van der Waals surface area (Å²) in [5, 5.41) is 0.268. The Balaban J connectivity index is 2.24. The zero-order valence-electron chi connectivity index (χ0n) is 10.2. The first-order valence-corrected chi connectivity index (χ1v) is 7.57. The smallest absolute Gasteiger partial charge is 0.0493 e. The van der Waals surface area contributed by atoms with Crippen molar-refractivity contribution in [1.82, 2.24) is 0 Å². The Labute approximate surface area is 121 Å². The second-order valence-electron chi connectivity index (χ2n) is 4.27. The molecule has 0 radical (unpaired) electrons. The molecule has 3 heteroatoms. The molecule has 0 fully saturated rings. The molecule has 2 aromatic carbocycles. The average Bonchev–Trinajstić information content (AvgIpc) is 2.37. The van der Waals surface area contributed by atoms with E-state index in [2.05, 4.69) is 65.3 Å². The van der Waals surface area contributed by atoms with E-state index in [0.717, 1.165) is 4.47 Å². The predicted octanol–water partition coefficient (Wildman–Crippen LogP) is 4.63. The Hall–Kier alpha value is -0.770. The van der Waals surface area contributed by atoms with E-state index in [-0.39, 0.29) is 11.3 Å². The van der Waals surface area contributed by atoms with E-state index in [1.165, 1.54) is 10.5 Å². The summed E-state index contributed by atoms with van der Waals surface area (Å²) in [6, 6.07) is 18.9. The van der Waals surface area contributed by atoms with Crippen molar-refractivity contribution in [2.24, 2.45) is 5.73 Å². The third-order valence-electron chi connectivity index (χ3n) is 2.66. The van der Waals surface area contributed by atoms with Crippen LogP contribution in [0.2, 0.25) is 0 Å². The van der Waals surface area contributed by atoms with E-state index in [4.69, 9.17) is 5.73 Å². The number of nitrogens with two attached hydrogens (primary N) is 1. The molecule has 0 aliphatic carbocycles. The van der Waals surface area contributed by atoms with Crippen molar-refractivity contribution in [3.63, 3.8) is 0 Å². The first-order valence-electron chi connectivity index (χ1n) is 5.89. The lowest BCUT2D eigenvalue weighted by atomic mass is 10.1. The van der Waals surface area contributed by atoms with Gasteiger partial charge in [-0.25, -0.2) is 0 Å². The maximum absolute atomic E-state index is 6.13. The first kappa shape index (κ1) is 13.7. The molecule has 0 spiro atoms. The molecule has 0 aromatic heterocycles. The van der Waals surface area contributed by atoms with Crippen LogP contribution in [-0.4, -0.2) is 6.04 Å². The molecule has 2 N–H and O–H groups in total. The van der Waals surface area contributed by atoms with Gasteiger partial charge in [-0.3, -0.25) is 0 Å². The lowest BCUT2D eigenvalue weighted by molar-refractivity contribution is 0.721. The lowest BCUT2D eigenvalue weighted by Crippen LogP contribution is -2.22. The van der Waals surface area contributed by atoms with Gasteiger partial charge in [0, 0.05) is 20.7 Å². The predicted molar refractivity (Wildman–Crippen MR) is 82.8 cm³/mol. The number of hydrogen-bond donors (Lipinski definition) is 1. The van der Waals surface area contributed by atoms with Crippen LogP contribution in [0.15, 0.2) is 64.0 Å². The van der Waals surface area contributed by atoms with Gasteiger partial charge in [-0.2, -0.15) is 0 Å². The summed E-state index contributed by atoms with van der Waals surface area (Å²) in [7, 11) is 0. The second kappa shape index (κ2) is 6.41. The molecule has 0 saturated carbocycles. The molecule has 0 aliphatic heterocycles. The summed E-state index contributed by atoms with van der Waals surface area (Å²) in [5.41, 5.74) is 7.39. The summed E-state index contributed by atoms with van der Waals surface area (Å²) >= 11 is 5.33.